The van der Waals surface area contributed by atoms with Crippen molar-refractivity contribution in [3.05, 3.63) is 16.1 Å². The van der Waals surface area contributed by atoms with Gasteiger partial charge in [-0.05, 0) is 25.7 Å². The zero-order valence-corrected chi connectivity index (χ0v) is 18.0. The van der Waals surface area contributed by atoms with Gasteiger partial charge in [-0.2, -0.15) is 0 Å². The highest BCUT2D eigenvalue weighted by Crippen LogP contribution is 2.24. The zero-order chi connectivity index (χ0) is 19.3. The molecule has 152 valence electrons. The summed E-state index contributed by atoms with van der Waals surface area (Å²) >= 11 is 1.72. The maximum absolute atomic E-state index is 6.07. The molecule has 6 nitrogen and oxygen atoms in total. The molecule has 0 aromatic carbocycles. The highest BCUT2D eigenvalue weighted by Gasteiger charge is 2.24. The van der Waals surface area contributed by atoms with Gasteiger partial charge in [0.2, 0.25) is 0 Å². The Kier molecular flexibility index (Phi) is 7.11. The van der Waals surface area contributed by atoms with Crippen LogP contribution in [0.3, 0.4) is 0 Å². The SMILES string of the molecule is CN=C(NCc1nc(C(C)(C)C)cs1)N1CCC(OCC2CCCO2)CC1. The van der Waals surface area contributed by atoms with Crippen molar-refractivity contribution in [3.63, 3.8) is 0 Å². The Balaban J connectivity index is 1.41. The first-order valence-electron chi connectivity index (χ1n) is 10.1. The Morgan fingerprint density at radius 3 is 2.74 bits per heavy atom. The van der Waals surface area contributed by atoms with E-state index < -0.39 is 0 Å². The van der Waals surface area contributed by atoms with Crippen molar-refractivity contribution in [2.45, 2.75) is 70.6 Å². The van der Waals surface area contributed by atoms with E-state index >= 15 is 0 Å². The summed E-state index contributed by atoms with van der Waals surface area (Å²) in [5, 5.41) is 6.75. The molecule has 0 spiro atoms. The van der Waals surface area contributed by atoms with Gasteiger partial charge in [0.15, 0.2) is 5.96 Å². The van der Waals surface area contributed by atoms with Crippen LogP contribution in [0.4, 0.5) is 0 Å². The summed E-state index contributed by atoms with van der Waals surface area (Å²) in [6.45, 7) is 10.9. The molecule has 0 amide bonds. The van der Waals surface area contributed by atoms with Crippen LogP contribution in [-0.2, 0) is 21.4 Å². The fraction of sp³-hybridized carbons (Fsp3) is 0.800. The second-order valence-electron chi connectivity index (χ2n) is 8.43. The van der Waals surface area contributed by atoms with Gasteiger partial charge in [0.05, 0.1) is 31.1 Å². The minimum atomic E-state index is 0.0991. The van der Waals surface area contributed by atoms with Crippen molar-refractivity contribution in [2.75, 3.05) is 33.4 Å². The maximum atomic E-state index is 6.07. The lowest BCUT2D eigenvalue weighted by Crippen LogP contribution is -2.47. The third-order valence-corrected chi connectivity index (χ3v) is 6.06. The summed E-state index contributed by atoms with van der Waals surface area (Å²) in [4.78, 5) is 11.5. The Morgan fingerprint density at radius 1 is 1.37 bits per heavy atom. The van der Waals surface area contributed by atoms with Gasteiger partial charge < -0.3 is 19.7 Å². The summed E-state index contributed by atoms with van der Waals surface area (Å²) in [6.07, 6.45) is 5.05. The van der Waals surface area contributed by atoms with Gasteiger partial charge in [0, 0.05) is 37.5 Å². The lowest BCUT2D eigenvalue weighted by Gasteiger charge is -2.34. The Morgan fingerprint density at radius 2 is 2.15 bits per heavy atom. The number of aliphatic imine (C=N–C) groups is 1. The number of ether oxygens (including phenoxy) is 2. The van der Waals surface area contributed by atoms with Crippen molar-refractivity contribution in [1.82, 2.24) is 15.2 Å². The van der Waals surface area contributed by atoms with Crippen molar-refractivity contribution >= 4 is 17.3 Å². The second-order valence-corrected chi connectivity index (χ2v) is 9.37. The fourth-order valence-electron chi connectivity index (χ4n) is 3.48. The molecule has 2 aliphatic heterocycles. The van der Waals surface area contributed by atoms with E-state index in [1.54, 1.807) is 11.3 Å². The Labute approximate surface area is 167 Å². The van der Waals surface area contributed by atoms with Crippen LogP contribution >= 0.6 is 11.3 Å². The molecule has 7 heteroatoms. The molecule has 3 heterocycles. The number of guanidine groups is 1. The molecule has 1 aromatic heterocycles. The molecule has 3 rings (SSSR count). The topological polar surface area (TPSA) is 59.0 Å². The largest absolute Gasteiger partial charge is 0.376 e. The molecule has 0 saturated carbocycles. The molecule has 0 radical (unpaired) electrons. The lowest BCUT2D eigenvalue weighted by atomic mass is 9.93. The molecule has 1 aromatic rings. The number of hydrogen-bond donors (Lipinski definition) is 1. The third kappa shape index (κ3) is 5.90. The molecular formula is C20H34N4O2S. The van der Waals surface area contributed by atoms with Gasteiger partial charge in [-0.25, -0.2) is 4.98 Å². The van der Waals surface area contributed by atoms with Gasteiger partial charge in [0.25, 0.3) is 0 Å². The number of aromatic nitrogens is 1. The summed E-state index contributed by atoms with van der Waals surface area (Å²) in [5.74, 6) is 0.958. The van der Waals surface area contributed by atoms with Crippen LogP contribution in [0.5, 0.6) is 0 Å². The first-order chi connectivity index (χ1) is 13.0. The maximum Gasteiger partial charge on any atom is 0.193 e. The highest BCUT2D eigenvalue weighted by molar-refractivity contribution is 7.09. The summed E-state index contributed by atoms with van der Waals surface area (Å²) in [7, 11) is 1.85. The molecular weight excluding hydrogens is 360 g/mol. The third-order valence-electron chi connectivity index (χ3n) is 5.21. The average molecular weight is 395 g/mol. The van der Waals surface area contributed by atoms with E-state index in [1.165, 1.54) is 6.42 Å². The monoisotopic (exact) mass is 394 g/mol. The molecule has 2 fully saturated rings. The minimum absolute atomic E-state index is 0.0991. The van der Waals surface area contributed by atoms with Crippen molar-refractivity contribution in [2.24, 2.45) is 4.99 Å². The number of nitrogens with one attached hydrogen (secondary N) is 1. The van der Waals surface area contributed by atoms with Crippen LogP contribution in [-0.4, -0.2) is 61.4 Å². The molecule has 1 N–H and O–H groups in total. The van der Waals surface area contributed by atoms with Gasteiger partial charge in [-0.15, -0.1) is 11.3 Å². The van der Waals surface area contributed by atoms with E-state index in [9.17, 15) is 0 Å². The number of likely N-dealkylation sites (tertiary alicyclic amines) is 1. The van der Waals surface area contributed by atoms with E-state index in [0.717, 1.165) is 68.8 Å². The molecule has 0 bridgehead atoms. The zero-order valence-electron chi connectivity index (χ0n) is 17.2. The van der Waals surface area contributed by atoms with Gasteiger partial charge in [0.1, 0.15) is 5.01 Å². The van der Waals surface area contributed by atoms with Gasteiger partial charge >= 0.3 is 0 Å². The smallest absolute Gasteiger partial charge is 0.193 e. The Bertz CT molecular complexity index is 612. The number of nitrogens with zero attached hydrogens (tertiary/aromatic N) is 3. The second kappa shape index (κ2) is 9.34. The van der Waals surface area contributed by atoms with Crippen LogP contribution in [0, 0.1) is 0 Å². The quantitative estimate of drug-likeness (QED) is 0.614. The van der Waals surface area contributed by atoms with Crippen LogP contribution in [0.25, 0.3) is 0 Å². The molecule has 1 unspecified atom stereocenters. The minimum Gasteiger partial charge on any atom is -0.376 e. The molecule has 1 atom stereocenters. The van der Waals surface area contributed by atoms with E-state index in [2.05, 4.69) is 41.4 Å². The number of rotatable bonds is 5. The molecule has 0 aliphatic carbocycles. The summed E-state index contributed by atoms with van der Waals surface area (Å²) in [6, 6.07) is 0. The number of thiazole rings is 1. The van der Waals surface area contributed by atoms with Crippen LogP contribution in [0.2, 0.25) is 0 Å². The Hall–Kier alpha value is -1.18. The average Bonchev–Trinajstić information content (AvgIpc) is 3.33. The van der Waals surface area contributed by atoms with Gasteiger partial charge in [-0.3, -0.25) is 4.99 Å². The number of hydrogen-bond acceptors (Lipinski definition) is 5. The van der Waals surface area contributed by atoms with Crippen molar-refractivity contribution in [1.29, 1.82) is 0 Å². The number of piperidine rings is 1. The summed E-state index contributed by atoms with van der Waals surface area (Å²) in [5.41, 5.74) is 1.26. The van der Waals surface area contributed by atoms with E-state index in [-0.39, 0.29) is 5.41 Å². The molecule has 2 saturated heterocycles. The predicted molar refractivity (Wildman–Crippen MR) is 111 cm³/mol. The highest BCUT2D eigenvalue weighted by atomic mass is 32.1. The van der Waals surface area contributed by atoms with Crippen molar-refractivity contribution < 1.29 is 9.47 Å². The molecule has 27 heavy (non-hydrogen) atoms. The van der Waals surface area contributed by atoms with Crippen LogP contribution in [0.15, 0.2) is 10.4 Å². The summed E-state index contributed by atoms with van der Waals surface area (Å²) < 4.78 is 11.7. The van der Waals surface area contributed by atoms with E-state index in [0.29, 0.717) is 12.2 Å². The molecule has 2 aliphatic rings. The lowest BCUT2D eigenvalue weighted by molar-refractivity contribution is -0.0367. The van der Waals surface area contributed by atoms with Gasteiger partial charge in [-0.1, -0.05) is 20.8 Å². The predicted octanol–water partition coefficient (Wildman–Crippen LogP) is 3.18. The fourth-order valence-corrected chi connectivity index (χ4v) is 4.44. The first kappa shape index (κ1) is 20.6. The standard InChI is InChI=1S/C20H34N4O2S/c1-20(2,3)17-14-27-18(23-17)12-22-19(21-4)24-9-7-15(8-10-24)26-13-16-6-5-11-25-16/h14-16H,5-13H2,1-4H3,(H,21,22). The van der Waals surface area contributed by atoms with E-state index in [1.807, 2.05) is 7.05 Å². The van der Waals surface area contributed by atoms with Crippen LogP contribution in [0.1, 0.15) is 57.2 Å². The normalized spacial score (nSPS) is 22.4. The first-order valence-corrected chi connectivity index (χ1v) is 11.0. The van der Waals surface area contributed by atoms with E-state index in [4.69, 9.17) is 14.5 Å². The van der Waals surface area contributed by atoms with Crippen molar-refractivity contribution in [3.8, 4) is 0 Å². The van der Waals surface area contributed by atoms with Crippen LogP contribution < -0.4 is 5.32 Å².